The Morgan fingerprint density at radius 3 is 2.50 bits per heavy atom. The standard InChI is InChI=1S/C10H13N3O3/c1-10(12,8(11)14)9(15)16-6-7-2-4-13-5-3-7/h2-5H,6,12H2,1H3,(H2,11,14)/t10-/m1/s1. The Kier molecular flexibility index (Phi) is 3.57. The van der Waals surface area contributed by atoms with E-state index in [4.69, 9.17) is 16.2 Å². The fraction of sp³-hybridized carbons (Fsp3) is 0.300. The van der Waals surface area contributed by atoms with Crippen molar-refractivity contribution in [2.24, 2.45) is 11.5 Å². The Bertz CT molecular complexity index is 390. The van der Waals surface area contributed by atoms with Crippen LogP contribution in [0.15, 0.2) is 24.5 Å². The predicted molar refractivity (Wildman–Crippen MR) is 55.8 cm³/mol. The number of pyridine rings is 1. The molecule has 0 saturated heterocycles. The molecule has 0 bridgehead atoms. The lowest BCUT2D eigenvalue weighted by Gasteiger charge is -2.18. The Morgan fingerprint density at radius 2 is 2.00 bits per heavy atom. The minimum absolute atomic E-state index is 0.0292. The predicted octanol–water partition coefficient (Wildman–Crippen LogP) is -0.672. The van der Waals surface area contributed by atoms with Crippen LogP contribution in [0.1, 0.15) is 12.5 Å². The van der Waals surface area contributed by atoms with Crippen LogP contribution in [0.25, 0.3) is 0 Å². The zero-order chi connectivity index (χ0) is 12.2. The summed E-state index contributed by atoms with van der Waals surface area (Å²) in [5.74, 6) is -1.77. The summed E-state index contributed by atoms with van der Waals surface area (Å²) in [5.41, 5.74) is 9.33. The zero-order valence-electron chi connectivity index (χ0n) is 8.84. The van der Waals surface area contributed by atoms with Crippen molar-refractivity contribution < 1.29 is 14.3 Å². The van der Waals surface area contributed by atoms with Crippen LogP contribution in [0.5, 0.6) is 0 Å². The van der Waals surface area contributed by atoms with Crippen LogP contribution < -0.4 is 11.5 Å². The molecular weight excluding hydrogens is 210 g/mol. The molecular formula is C10H13N3O3. The van der Waals surface area contributed by atoms with E-state index in [9.17, 15) is 9.59 Å². The molecule has 0 aromatic carbocycles. The molecule has 0 radical (unpaired) electrons. The maximum absolute atomic E-state index is 11.4. The first kappa shape index (κ1) is 12.1. The number of carbonyl (C=O) groups excluding carboxylic acids is 2. The summed E-state index contributed by atoms with van der Waals surface area (Å²) in [6.07, 6.45) is 3.14. The molecule has 1 aromatic heterocycles. The van der Waals surface area contributed by atoms with E-state index in [1.54, 1.807) is 24.5 Å². The molecule has 6 heteroatoms. The average Bonchev–Trinajstić information content (AvgIpc) is 2.27. The maximum atomic E-state index is 11.4. The second kappa shape index (κ2) is 4.71. The molecule has 6 nitrogen and oxygen atoms in total. The molecule has 0 aliphatic rings. The summed E-state index contributed by atoms with van der Waals surface area (Å²) in [5, 5.41) is 0. The van der Waals surface area contributed by atoms with Gasteiger partial charge in [0.25, 0.3) is 0 Å². The lowest BCUT2D eigenvalue weighted by atomic mass is 10.0. The smallest absolute Gasteiger partial charge is 0.335 e. The quantitative estimate of drug-likeness (QED) is 0.519. The molecule has 0 aliphatic heterocycles. The molecule has 86 valence electrons. The number of hydrogen-bond donors (Lipinski definition) is 2. The van der Waals surface area contributed by atoms with E-state index in [1.807, 2.05) is 0 Å². The van der Waals surface area contributed by atoms with Crippen LogP contribution in [0.2, 0.25) is 0 Å². The third kappa shape index (κ3) is 2.77. The fourth-order valence-corrected chi connectivity index (χ4v) is 0.878. The van der Waals surface area contributed by atoms with Crippen molar-refractivity contribution >= 4 is 11.9 Å². The summed E-state index contributed by atoms with van der Waals surface area (Å²) < 4.78 is 4.86. The summed E-state index contributed by atoms with van der Waals surface area (Å²) in [6.45, 7) is 1.24. The van der Waals surface area contributed by atoms with Gasteiger partial charge >= 0.3 is 5.97 Å². The van der Waals surface area contributed by atoms with Crippen molar-refractivity contribution in [2.45, 2.75) is 19.1 Å². The molecule has 4 N–H and O–H groups in total. The SMILES string of the molecule is C[C@@](N)(C(N)=O)C(=O)OCc1ccncc1. The summed E-state index contributed by atoms with van der Waals surface area (Å²) in [4.78, 5) is 26.1. The number of hydrogen-bond acceptors (Lipinski definition) is 5. The number of esters is 1. The normalized spacial score (nSPS) is 13.9. The van der Waals surface area contributed by atoms with Crippen molar-refractivity contribution in [3.8, 4) is 0 Å². The van der Waals surface area contributed by atoms with Crippen molar-refractivity contribution in [1.29, 1.82) is 0 Å². The Balaban J connectivity index is 2.57. The van der Waals surface area contributed by atoms with Gasteiger partial charge in [0.15, 0.2) is 5.54 Å². The highest BCUT2D eigenvalue weighted by atomic mass is 16.5. The van der Waals surface area contributed by atoms with Gasteiger partial charge in [0, 0.05) is 12.4 Å². The van der Waals surface area contributed by atoms with Crippen molar-refractivity contribution in [1.82, 2.24) is 4.98 Å². The topological polar surface area (TPSA) is 108 Å². The fourth-order valence-electron chi connectivity index (χ4n) is 0.878. The lowest BCUT2D eigenvalue weighted by molar-refractivity contribution is -0.154. The van der Waals surface area contributed by atoms with Crippen molar-refractivity contribution in [3.63, 3.8) is 0 Å². The van der Waals surface area contributed by atoms with E-state index in [2.05, 4.69) is 4.98 Å². The number of nitrogens with zero attached hydrogens (tertiary/aromatic N) is 1. The molecule has 1 amide bonds. The maximum Gasteiger partial charge on any atom is 0.335 e. The number of ether oxygens (including phenoxy) is 1. The highest BCUT2D eigenvalue weighted by molar-refractivity contribution is 6.05. The molecule has 16 heavy (non-hydrogen) atoms. The number of amides is 1. The second-order valence-corrected chi connectivity index (χ2v) is 3.50. The number of rotatable bonds is 4. The zero-order valence-corrected chi connectivity index (χ0v) is 8.84. The van der Waals surface area contributed by atoms with Crippen LogP contribution >= 0.6 is 0 Å². The van der Waals surface area contributed by atoms with Gasteiger partial charge in [-0.1, -0.05) is 0 Å². The first-order valence-corrected chi connectivity index (χ1v) is 4.59. The number of nitrogens with two attached hydrogens (primary N) is 2. The third-order valence-electron chi connectivity index (χ3n) is 2.06. The van der Waals surface area contributed by atoms with E-state index in [0.717, 1.165) is 5.56 Å². The summed E-state index contributed by atoms with van der Waals surface area (Å²) in [7, 11) is 0. The van der Waals surface area contributed by atoms with Gasteiger partial charge in [-0.05, 0) is 24.6 Å². The van der Waals surface area contributed by atoms with Crippen LogP contribution in [0.4, 0.5) is 0 Å². The minimum Gasteiger partial charge on any atom is -0.459 e. The molecule has 1 aromatic rings. The molecule has 0 spiro atoms. The highest BCUT2D eigenvalue weighted by Gasteiger charge is 2.36. The van der Waals surface area contributed by atoms with Gasteiger partial charge in [-0.2, -0.15) is 0 Å². The van der Waals surface area contributed by atoms with Gasteiger partial charge in [-0.15, -0.1) is 0 Å². The van der Waals surface area contributed by atoms with Gasteiger partial charge in [-0.3, -0.25) is 9.78 Å². The molecule has 1 heterocycles. The molecule has 0 fully saturated rings. The number of carbonyl (C=O) groups is 2. The van der Waals surface area contributed by atoms with Crippen LogP contribution in [-0.4, -0.2) is 22.4 Å². The molecule has 1 atom stereocenters. The number of aromatic nitrogens is 1. The van der Waals surface area contributed by atoms with Crippen molar-refractivity contribution in [3.05, 3.63) is 30.1 Å². The van der Waals surface area contributed by atoms with Crippen LogP contribution in [0, 0.1) is 0 Å². The third-order valence-corrected chi connectivity index (χ3v) is 2.06. The first-order chi connectivity index (χ1) is 7.44. The Hall–Kier alpha value is -1.95. The average molecular weight is 223 g/mol. The largest absolute Gasteiger partial charge is 0.459 e. The van der Waals surface area contributed by atoms with E-state index in [-0.39, 0.29) is 6.61 Å². The van der Waals surface area contributed by atoms with E-state index in [0.29, 0.717) is 0 Å². The number of primary amides is 1. The first-order valence-electron chi connectivity index (χ1n) is 4.59. The summed E-state index contributed by atoms with van der Waals surface area (Å²) in [6, 6.07) is 3.37. The van der Waals surface area contributed by atoms with Crippen LogP contribution in [-0.2, 0) is 20.9 Å². The van der Waals surface area contributed by atoms with Gasteiger partial charge in [-0.25, -0.2) is 4.79 Å². The van der Waals surface area contributed by atoms with Crippen molar-refractivity contribution in [2.75, 3.05) is 0 Å². The Morgan fingerprint density at radius 1 is 1.44 bits per heavy atom. The highest BCUT2D eigenvalue weighted by Crippen LogP contribution is 2.05. The second-order valence-electron chi connectivity index (χ2n) is 3.50. The summed E-state index contributed by atoms with van der Waals surface area (Å²) >= 11 is 0. The van der Waals surface area contributed by atoms with Gasteiger partial charge in [0.1, 0.15) is 6.61 Å². The minimum atomic E-state index is -1.80. The van der Waals surface area contributed by atoms with E-state index in [1.165, 1.54) is 6.92 Å². The van der Waals surface area contributed by atoms with Gasteiger partial charge in [0.05, 0.1) is 0 Å². The lowest BCUT2D eigenvalue weighted by Crippen LogP contribution is -2.56. The van der Waals surface area contributed by atoms with E-state index >= 15 is 0 Å². The van der Waals surface area contributed by atoms with Gasteiger partial charge < -0.3 is 16.2 Å². The molecule has 1 rings (SSSR count). The molecule has 0 unspecified atom stereocenters. The monoisotopic (exact) mass is 223 g/mol. The van der Waals surface area contributed by atoms with E-state index < -0.39 is 17.4 Å². The molecule has 0 saturated carbocycles. The van der Waals surface area contributed by atoms with Gasteiger partial charge in [0.2, 0.25) is 5.91 Å². The van der Waals surface area contributed by atoms with Crippen LogP contribution in [0.3, 0.4) is 0 Å². The Labute approximate surface area is 92.6 Å². The molecule has 0 aliphatic carbocycles.